The van der Waals surface area contributed by atoms with Gasteiger partial charge in [-0.2, -0.15) is 11.8 Å². The topological polar surface area (TPSA) is 17.0 Å². The van der Waals surface area contributed by atoms with Gasteiger partial charge >= 0.3 is 0 Å². The van der Waals surface area contributed by atoms with Crippen LogP contribution < -0.4 is 5.32 Å². The highest BCUT2D eigenvalue weighted by Gasteiger charge is 2.24. The Hall–Kier alpha value is -0.410. The standard InChI is InChI=1S/C15H28N2S/c1-7-15(8-2,18-6)11-16-10-14-9-12(3)17(5)13(14)4/h9,16H,7-8,10-11H2,1-6H3. The number of aryl methyl sites for hydroxylation is 1. The Bertz CT molecular complexity index is 370. The summed E-state index contributed by atoms with van der Waals surface area (Å²) in [4.78, 5) is 0. The number of nitrogens with one attached hydrogen (secondary N) is 1. The van der Waals surface area contributed by atoms with Gasteiger partial charge < -0.3 is 9.88 Å². The Morgan fingerprint density at radius 2 is 1.89 bits per heavy atom. The molecular formula is C15H28N2S. The van der Waals surface area contributed by atoms with Crippen molar-refractivity contribution in [3.63, 3.8) is 0 Å². The van der Waals surface area contributed by atoms with E-state index in [4.69, 9.17) is 0 Å². The lowest BCUT2D eigenvalue weighted by Crippen LogP contribution is -2.36. The van der Waals surface area contributed by atoms with Gasteiger partial charge in [-0.15, -0.1) is 0 Å². The van der Waals surface area contributed by atoms with Crippen LogP contribution in [-0.2, 0) is 13.6 Å². The molecule has 1 aromatic heterocycles. The normalized spacial score (nSPS) is 12.1. The van der Waals surface area contributed by atoms with Crippen molar-refractivity contribution in [2.45, 2.75) is 51.8 Å². The van der Waals surface area contributed by atoms with E-state index in [2.05, 4.69) is 56.9 Å². The molecule has 0 aliphatic carbocycles. The highest BCUT2D eigenvalue weighted by Crippen LogP contribution is 2.29. The van der Waals surface area contributed by atoms with Crippen molar-refractivity contribution >= 4 is 11.8 Å². The van der Waals surface area contributed by atoms with E-state index in [0.29, 0.717) is 4.75 Å². The first kappa shape index (κ1) is 15.6. The molecule has 0 amide bonds. The highest BCUT2D eigenvalue weighted by molar-refractivity contribution is 8.00. The minimum Gasteiger partial charge on any atom is -0.352 e. The van der Waals surface area contributed by atoms with Gasteiger partial charge in [-0.05, 0) is 44.6 Å². The third-order valence-corrected chi connectivity index (χ3v) is 5.95. The number of rotatable bonds is 7. The minimum atomic E-state index is 0.401. The van der Waals surface area contributed by atoms with Gasteiger partial charge in [0.15, 0.2) is 0 Å². The summed E-state index contributed by atoms with van der Waals surface area (Å²) in [5.41, 5.74) is 4.14. The zero-order valence-corrected chi connectivity index (χ0v) is 13.6. The third-order valence-electron chi connectivity index (χ3n) is 4.36. The molecule has 18 heavy (non-hydrogen) atoms. The largest absolute Gasteiger partial charge is 0.352 e. The van der Waals surface area contributed by atoms with E-state index in [1.165, 1.54) is 29.8 Å². The van der Waals surface area contributed by atoms with E-state index < -0.39 is 0 Å². The van der Waals surface area contributed by atoms with Crippen LogP contribution in [0.2, 0.25) is 0 Å². The van der Waals surface area contributed by atoms with Crippen LogP contribution in [0.25, 0.3) is 0 Å². The molecule has 0 aromatic carbocycles. The zero-order valence-electron chi connectivity index (χ0n) is 12.8. The summed E-state index contributed by atoms with van der Waals surface area (Å²) in [6.45, 7) is 11.0. The summed E-state index contributed by atoms with van der Waals surface area (Å²) in [7, 11) is 2.14. The summed E-state index contributed by atoms with van der Waals surface area (Å²) in [5, 5.41) is 3.64. The van der Waals surface area contributed by atoms with E-state index in [9.17, 15) is 0 Å². The second-order valence-corrected chi connectivity index (χ2v) is 6.43. The molecule has 104 valence electrons. The molecule has 0 bridgehead atoms. The highest BCUT2D eigenvalue weighted by atomic mass is 32.2. The number of aromatic nitrogens is 1. The van der Waals surface area contributed by atoms with Gasteiger partial charge in [0.25, 0.3) is 0 Å². The predicted molar refractivity (Wildman–Crippen MR) is 83.4 cm³/mol. The van der Waals surface area contributed by atoms with Crippen LogP contribution in [0.5, 0.6) is 0 Å². The SMILES string of the molecule is CCC(CC)(CNCc1cc(C)n(C)c1C)SC. The fraction of sp³-hybridized carbons (Fsp3) is 0.733. The second kappa shape index (κ2) is 6.67. The lowest BCUT2D eigenvalue weighted by molar-refractivity contribution is 0.494. The predicted octanol–water partition coefficient (Wildman–Crippen LogP) is 3.65. The van der Waals surface area contributed by atoms with Gasteiger partial charge in [0.1, 0.15) is 0 Å². The van der Waals surface area contributed by atoms with E-state index in [1.54, 1.807) is 0 Å². The third kappa shape index (κ3) is 3.33. The summed E-state index contributed by atoms with van der Waals surface area (Å²) in [6.07, 6.45) is 4.68. The maximum absolute atomic E-state index is 3.64. The van der Waals surface area contributed by atoms with E-state index in [0.717, 1.165) is 13.1 Å². The van der Waals surface area contributed by atoms with Crippen molar-refractivity contribution in [1.29, 1.82) is 0 Å². The first-order valence-electron chi connectivity index (χ1n) is 6.87. The molecule has 1 aromatic rings. The molecule has 0 saturated heterocycles. The van der Waals surface area contributed by atoms with Crippen molar-refractivity contribution in [2.75, 3.05) is 12.8 Å². The van der Waals surface area contributed by atoms with Crippen molar-refractivity contribution in [1.82, 2.24) is 9.88 Å². The van der Waals surface area contributed by atoms with Crippen LogP contribution >= 0.6 is 11.8 Å². The fourth-order valence-electron chi connectivity index (χ4n) is 2.40. The number of hydrogen-bond acceptors (Lipinski definition) is 2. The van der Waals surface area contributed by atoms with Gasteiger partial charge in [-0.25, -0.2) is 0 Å². The van der Waals surface area contributed by atoms with Gasteiger partial charge in [-0.3, -0.25) is 0 Å². The lowest BCUT2D eigenvalue weighted by Gasteiger charge is -2.30. The van der Waals surface area contributed by atoms with Crippen LogP contribution in [0.3, 0.4) is 0 Å². The maximum atomic E-state index is 3.64. The molecule has 0 unspecified atom stereocenters. The fourth-order valence-corrected chi connectivity index (χ4v) is 3.22. The summed E-state index contributed by atoms with van der Waals surface area (Å²) < 4.78 is 2.66. The monoisotopic (exact) mass is 268 g/mol. The first-order chi connectivity index (χ1) is 8.49. The van der Waals surface area contributed by atoms with Gasteiger partial charge in [0.2, 0.25) is 0 Å². The molecule has 0 radical (unpaired) electrons. The molecule has 3 heteroatoms. The van der Waals surface area contributed by atoms with Gasteiger partial charge in [0.05, 0.1) is 0 Å². The van der Waals surface area contributed by atoms with Crippen LogP contribution in [-0.4, -0.2) is 22.1 Å². The van der Waals surface area contributed by atoms with E-state index >= 15 is 0 Å². The number of hydrogen-bond donors (Lipinski definition) is 1. The molecule has 1 heterocycles. The molecule has 0 spiro atoms. The minimum absolute atomic E-state index is 0.401. The Kier molecular flexibility index (Phi) is 5.80. The molecule has 0 saturated carbocycles. The average molecular weight is 268 g/mol. The molecule has 0 fully saturated rings. The number of nitrogens with zero attached hydrogens (tertiary/aromatic N) is 1. The molecule has 1 rings (SSSR count). The molecule has 0 aliphatic rings. The first-order valence-corrected chi connectivity index (χ1v) is 8.09. The summed E-state index contributed by atoms with van der Waals surface area (Å²) >= 11 is 2.00. The molecule has 0 aliphatic heterocycles. The van der Waals surface area contributed by atoms with Crippen LogP contribution in [0.1, 0.15) is 43.6 Å². The summed E-state index contributed by atoms with van der Waals surface area (Å²) in [5.74, 6) is 0. The molecule has 1 N–H and O–H groups in total. The summed E-state index contributed by atoms with van der Waals surface area (Å²) in [6, 6.07) is 2.29. The zero-order chi connectivity index (χ0) is 13.8. The van der Waals surface area contributed by atoms with Crippen molar-refractivity contribution in [2.24, 2.45) is 7.05 Å². The Labute approximate surface area is 117 Å². The quantitative estimate of drug-likeness (QED) is 0.813. The molecule has 2 nitrogen and oxygen atoms in total. The van der Waals surface area contributed by atoms with E-state index in [1.807, 2.05) is 11.8 Å². The Morgan fingerprint density at radius 1 is 1.28 bits per heavy atom. The van der Waals surface area contributed by atoms with Crippen LogP contribution in [0.15, 0.2) is 6.07 Å². The Balaban J connectivity index is 2.58. The van der Waals surface area contributed by atoms with E-state index in [-0.39, 0.29) is 0 Å². The van der Waals surface area contributed by atoms with Crippen LogP contribution in [0.4, 0.5) is 0 Å². The maximum Gasteiger partial charge on any atom is 0.0276 e. The van der Waals surface area contributed by atoms with Gasteiger partial charge in [-0.1, -0.05) is 13.8 Å². The number of thioether (sulfide) groups is 1. The van der Waals surface area contributed by atoms with Crippen molar-refractivity contribution in [3.05, 3.63) is 23.0 Å². The smallest absolute Gasteiger partial charge is 0.0276 e. The van der Waals surface area contributed by atoms with Crippen molar-refractivity contribution in [3.8, 4) is 0 Å². The van der Waals surface area contributed by atoms with Crippen molar-refractivity contribution < 1.29 is 0 Å². The molecule has 0 atom stereocenters. The lowest BCUT2D eigenvalue weighted by atomic mass is 10.0. The second-order valence-electron chi connectivity index (χ2n) is 5.15. The molecular weight excluding hydrogens is 240 g/mol. The van der Waals surface area contributed by atoms with Crippen LogP contribution in [0, 0.1) is 13.8 Å². The average Bonchev–Trinajstić information content (AvgIpc) is 2.63. The Morgan fingerprint density at radius 3 is 2.28 bits per heavy atom. The van der Waals surface area contributed by atoms with Gasteiger partial charge in [0, 0.05) is 36.3 Å².